The van der Waals surface area contributed by atoms with Crippen molar-refractivity contribution < 1.29 is 18.3 Å². The number of fused-ring (bicyclic) bond motifs is 6. The fourth-order valence-electron chi connectivity index (χ4n) is 6.82. The van der Waals surface area contributed by atoms with Gasteiger partial charge in [0.25, 0.3) is 0 Å². The molecule has 1 aromatic carbocycles. The van der Waals surface area contributed by atoms with E-state index in [1.54, 1.807) is 17.2 Å². The van der Waals surface area contributed by atoms with Gasteiger partial charge < -0.3 is 15.0 Å². The Morgan fingerprint density at radius 2 is 2.09 bits per heavy atom. The first kappa shape index (κ1) is 29.5. The molecule has 10 nitrogen and oxygen atoms in total. The van der Waals surface area contributed by atoms with Gasteiger partial charge in [-0.1, -0.05) is 19.9 Å². The van der Waals surface area contributed by atoms with Crippen LogP contribution in [0.25, 0.3) is 28.0 Å². The van der Waals surface area contributed by atoms with Gasteiger partial charge in [0.05, 0.1) is 35.0 Å². The topological polar surface area (TPSA) is 126 Å². The minimum Gasteiger partial charge on any atom is -0.493 e. The molecule has 4 aromatic rings. The summed E-state index contributed by atoms with van der Waals surface area (Å²) in [6.07, 6.45) is 6.72. The maximum Gasteiger partial charge on any atom is 0.355 e. The summed E-state index contributed by atoms with van der Waals surface area (Å²) < 4.78 is 38.7. The van der Waals surface area contributed by atoms with Crippen molar-refractivity contribution in [2.24, 2.45) is 5.92 Å². The third-order valence-electron chi connectivity index (χ3n) is 8.99. The van der Waals surface area contributed by atoms with Gasteiger partial charge in [-0.05, 0) is 61.4 Å². The Kier molecular flexibility index (Phi) is 7.47. The quantitative estimate of drug-likeness (QED) is 0.234. The van der Waals surface area contributed by atoms with E-state index in [1.807, 2.05) is 26.0 Å². The monoisotopic (exact) mass is 623 g/mol. The molecule has 7 rings (SSSR count). The Morgan fingerprint density at radius 1 is 1.24 bits per heavy atom. The number of hydrogen-bond acceptors (Lipinski definition) is 8. The largest absolute Gasteiger partial charge is 0.493 e. The molecule has 2 fully saturated rings. The number of rotatable bonds is 6. The molecule has 234 valence electrons. The predicted octanol–water partition coefficient (Wildman–Crippen LogP) is 5.05. The number of nitrogens with zero attached hydrogens (tertiary/aromatic N) is 6. The second kappa shape index (κ2) is 11.6. The van der Waals surface area contributed by atoms with Crippen molar-refractivity contribution in [3.63, 3.8) is 0 Å². The molecule has 3 unspecified atom stereocenters. The summed E-state index contributed by atoms with van der Waals surface area (Å²) in [6, 6.07) is 9.39. The molecular weight excluding hydrogens is 592 g/mol. The van der Waals surface area contributed by atoms with Gasteiger partial charge >= 0.3 is 5.69 Å². The number of anilines is 1. The zero-order valence-corrected chi connectivity index (χ0v) is 25.3. The molecule has 1 saturated carbocycles. The Bertz CT molecular complexity index is 2020. The molecule has 0 spiro atoms. The standard InChI is InChI=1S/C34H31F2N7O3/c1-18(2)29-31-19(10-13-38-29)6-5-15-46-26-8-3-7-22(35)28(26)30-23(36)16-21-32(41-34(45)43(31)33(21)40-30)39-14-11-24-20-17-25(20)42(24)27(44)9-4-12-37/h3-4,7-10,13,16,18,20,24-25H,5-6,11,14-15,17H2,1-2H3,(H,39,41,45)/b9-4+. The minimum atomic E-state index is -0.800. The van der Waals surface area contributed by atoms with Crippen LogP contribution in [0.15, 0.2) is 53.5 Å². The number of likely N-dealkylation sites (tertiary alicyclic amines) is 1. The molecule has 1 saturated heterocycles. The highest BCUT2D eigenvalue weighted by molar-refractivity contribution is 5.91. The summed E-state index contributed by atoms with van der Waals surface area (Å²) in [6.45, 7) is 4.52. The third kappa shape index (κ3) is 4.96. The summed E-state index contributed by atoms with van der Waals surface area (Å²) in [7, 11) is 0. The van der Waals surface area contributed by atoms with E-state index in [0.717, 1.165) is 12.0 Å². The summed E-state index contributed by atoms with van der Waals surface area (Å²) in [5.74, 6) is -1.08. The van der Waals surface area contributed by atoms with Crippen molar-refractivity contribution in [1.29, 1.82) is 5.26 Å². The van der Waals surface area contributed by atoms with E-state index in [0.29, 0.717) is 43.1 Å². The minimum absolute atomic E-state index is 0.0157. The van der Waals surface area contributed by atoms with Crippen LogP contribution in [0, 0.1) is 28.9 Å². The van der Waals surface area contributed by atoms with E-state index in [4.69, 9.17) is 10.00 Å². The summed E-state index contributed by atoms with van der Waals surface area (Å²) in [5, 5.41) is 12.2. The van der Waals surface area contributed by atoms with Crippen molar-refractivity contribution in [2.75, 3.05) is 18.5 Å². The van der Waals surface area contributed by atoms with Crippen LogP contribution in [0.1, 0.15) is 50.3 Å². The van der Waals surface area contributed by atoms with Gasteiger partial charge in [-0.25, -0.2) is 23.1 Å². The number of carbonyl (C=O) groups excluding carboxylic acids is 1. The van der Waals surface area contributed by atoms with E-state index in [-0.39, 0.29) is 64.4 Å². The number of hydrogen-bond donors (Lipinski definition) is 1. The van der Waals surface area contributed by atoms with Gasteiger partial charge in [0, 0.05) is 42.9 Å². The number of pyridine rings is 2. The predicted molar refractivity (Wildman–Crippen MR) is 167 cm³/mol. The molecule has 1 aliphatic carbocycles. The second-order valence-electron chi connectivity index (χ2n) is 12.1. The molecule has 1 N–H and O–H groups in total. The van der Waals surface area contributed by atoms with E-state index in [2.05, 4.69) is 20.3 Å². The van der Waals surface area contributed by atoms with E-state index in [1.165, 1.54) is 34.9 Å². The molecule has 3 aromatic heterocycles. The second-order valence-corrected chi connectivity index (χ2v) is 12.1. The highest BCUT2D eigenvalue weighted by atomic mass is 19.1. The molecule has 2 aliphatic heterocycles. The third-order valence-corrected chi connectivity index (χ3v) is 8.99. The first-order valence-electron chi connectivity index (χ1n) is 15.4. The van der Waals surface area contributed by atoms with Crippen molar-refractivity contribution in [1.82, 2.24) is 24.4 Å². The molecule has 2 bridgehead atoms. The van der Waals surface area contributed by atoms with E-state index < -0.39 is 17.3 Å². The van der Waals surface area contributed by atoms with Crippen LogP contribution in [0.3, 0.4) is 0 Å². The Labute approximate surface area is 263 Å². The van der Waals surface area contributed by atoms with Gasteiger partial charge in [-0.3, -0.25) is 9.78 Å². The van der Waals surface area contributed by atoms with Crippen LogP contribution in [-0.2, 0) is 11.2 Å². The molecule has 1 amide bonds. The van der Waals surface area contributed by atoms with Crippen LogP contribution < -0.4 is 15.7 Å². The van der Waals surface area contributed by atoms with Gasteiger partial charge in [-0.2, -0.15) is 10.2 Å². The highest BCUT2D eigenvalue weighted by Gasteiger charge is 2.60. The van der Waals surface area contributed by atoms with Crippen LogP contribution in [0.4, 0.5) is 14.6 Å². The van der Waals surface area contributed by atoms with Gasteiger partial charge in [-0.15, -0.1) is 0 Å². The molecule has 46 heavy (non-hydrogen) atoms. The van der Waals surface area contributed by atoms with Crippen LogP contribution in [0.5, 0.6) is 5.75 Å². The molecule has 3 aliphatic rings. The van der Waals surface area contributed by atoms with Crippen LogP contribution in [-0.4, -0.2) is 55.6 Å². The molecule has 3 atom stereocenters. The maximum absolute atomic E-state index is 16.0. The van der Waals surface area contributed by atoms with Crippen molar-refractivity contribution in [3.8, 4) is 28.8 Å². The van der Waals surface area contributed by atoms with Gasteiger partial charge in [0.1, 0.15) is 23.1 Å². The zero-order valence-electron chi connectivity index (χ0n) is 25.3. The highest BCUT2D eigenvalue weighted by Crippen LogP contribution is 2.53. The van der Waals surface area contributed by atoms with Crippen molar-refractivity contribution >= 4 is 22.8 Å². The first-order valence-corrected chi connectivity index (χ1v) is 15.4. The molecular formula is C34H31F2N7O3. The maximum atomic E-state index is 16.0. The zero-order chi connectivity index (χ0) is 32.1. The van der Waals surface area contributed by atoms with Gasteiger partial charge in [0.2, 0.25) is 5.91 Å². The number of amides is 1. The number of benzene rings is 1. The number of nitriles is 1. The summed E-state index contributed by atoms with van der Waals surface area (Å²) >= 11 is 0. The van der Waals surface area contributed by atoms with E-state index >= 15 is 8.78 Å². The lowest BCUT2D eigenvalue weighted by Gasteiger charge is -2.40. The number of aryl methyl sites for hydroxylation is 1. The fraction of sp³-hybridized carbons (Fsp3) is 0.353. The van der Waals surface area contributed by atoms with Crippen molar-refractivity contribution in [3.05, 3.63) is 82.1 Å². The summed E-state index contributed by atoms with van der Waals surface area (Å²) in [4.78, 5) is 42.0. The SMILES string of the molecule is CC(C)c1nccc2c1-n1c(=O)nc(NCCC3C4CC4N3C(=O)/C=C/C#N)c3cc(F)c(nc31)-c1c(F)cccc1OCCC2. The lowest BCUT2D eigenvalue weighted by Crippen LogP contribution is -2.52. The lowest BCUT2D eigenvalue weighted by atomic mass is 9.98. The van der Waals surface area contributed by atoms with Crippen LogP contribution >= 0.6 is 0 Å². The number of ether oxygens (including phenoxy) is 1. The number of halogens is 2. The van der Waals surface area contributed by atoms with Gasteiger partial charge in [0.15, 0.2) is 11.5 Å². The number of aromatic nitrogens is 4. The molecule has 5 heterocycles. The first-order chi connectivity index (χ1) is 22.3. The molecule has 0 radical (unpaired) electrons. The Hall–Kier alpha value is -5.18. The Morgan fingerprint density at radius 3 is 2.89 bits per heavy atom. The molecule has 12 heteroatoms. The van der Waals surface area contributed by atoms with Crippen LogP contribution in [0.2, 0.25) is 0 Å². The average molecular weight is 624 g/mol. The lowest BCUT2D eigenvalue weighted by molar-refractivity contribution is -0.134. The average Bonchev–Trinajstić information content (AvgIpc) is 3.73. The number of allylic oxidation sites excluding steroid dienone is 1. The number of carbonyl (C=O) groups is 1. The fourth-order valence-corrected chi connectivity index (χ4v) is 6.82. The number of nitrogens with one attached hydrogen (secondary N) is 1. The van der Waals surface area contributed by atoms with Crippen molar-refractivity contribution in [2.45, 2.75) is 57.5 Å². The smallest absolute Gasteiger partial charge is 0.355 e. The Balaban J connectivity index is 1.36. The summed E-state index contributed by atoms with van der Waals surface area (Å²) in [5.41, 5.74) is 1.08. The normalized spacial score (nSPS) is 19.7. The van der Waals surface area contributed by atoms with E-state index in [9.17, 15) is 9.59 Å².